The number of aromatic nitrogens is 2. The van der Waals surface area contributed by atoms with E-state index in [1.807, 2.05) is 4.90 Å². The Hall–Kier alpha value is -2.10. The van der Waals surface area contributed by atoms with Gasteiger partial charge in [-0.25, -0.2) is 0 Å². The van der Waals surface area contributed by atoms with Crippen molar-refractivity contribution < 1.29 is 22.7 Å². The molecule has 0 radical (unpaired) electrons. The second-order valence-electron chi connectivity index (χ2n) is 9.37. The van der Waals surface area contributed by atoms with E-state index in [0.29, 0.717) is 19.0 Å². The number of Topliss-reactive ketones (excluding diaryl/α,β-unsaturated/α-hetero) is 1. The third kappa shape index (κ3) is 3.12. The molecule has 7 nitrogen and oxygen atoms in total. The number of anilines is 2. The van der Waals surface area contributed by atoms with E-state index in [9.17, 15) is 22.8 Å². The van der Waals surface area contributed by atoms with Gasteiger partial charge in [-0.15, -0.1) is 0 Å². The van der Waals surface area contributed by atoms with Gasteiger partial charge >= 0.3 is 6.18 Å². The maximum Gasteiger partial charge on any atom is 0.413 e. The Kier molecular flexibility index (Phi) is 4.31. The van der Waals surface area contributed by atoms with Crippen LogP contribution in [0, 0.1) is 5.41 Å². The van der Waals surface area contributed by atoms with Crippen LogP contribution in [0.3, 0.4) is 0 Å². The smallest absolute Gasteiger partial charge is 0.374 e. The number of hydrogen-bond acceptors (Lipinski definition) is 6. The molecule has 2 fully saturated rings. The monoisotopic (exact) mass is 414 g/mol. The van der Waals surface area contributed by atoms with E-state index in [-0.39, 0.29) is 23.9 Å². The van der Waals surface area contributed by atoms with Crippen LogP contribution in [-0.4, -0.2) is 58.9 Å². The van der Waals surface area contributed by atoms with E-state index in [2.05, 4.69) is 4.98 Å². The van der Waals surface area contributed by atoms with E-state index in [1.54, 1.807) is 20.8 Å². The minimum Gasteiger partial charge on any atom is -0.374 e. The van der Waals surface area contributed by atoms with Gasteiger partial charge in [-0.3, -0.25) is 14.2 Å². The van der Waals surface area contributed by atoms with E-state index in [1.165, 1.54) is 6.07 Å². The van der Waals surface area contributed by atoms with Gasteiger partial charge in [-0.1, -0.05) is 20.8 Å². The largest absolute Gasteiger partial charge is 0.413 e. The van der Waals surface area contributed by atoms with Crippen molar-refractivity contribution in [3.8, 4) is 0 Å². The number of rotatable bonds is 3. The Morgan fingerprint density at radius 3 is 2.55 bits per heavy atom. The number of morpholine rings is 1. The fourth-order valence-corrected chi connectivity index (χ4v) is 4.15. The van der Waals surface area contributed by atoms with Gasteiger partial charge in [0.1, 0.15) is 5.82 Å². The second-order valence-corrected chi connectivity index (χ2v) is 9.37. The van der Waals surface area contributed by atoms with E-state index >= 15 is 0 Å². The molecule has 3 aliphatic rings. The van der Waals surface area contributed by atoms with Gasteiger partial charge in [0.25, 0.3) is 5.56 Å². The van der Waals surface area contributed by atoms with Crippen molar-refractivity contribution in [1.82, 2.24) is 9.55 Å². The number of alkyl halides is 3. The second kappa shape index (κ2) is 6.20. The highest BCUT2D eigenvalue weighted by Gasteiger charge is 2.60. The summed E-state index contributed by atoms with van der Waals surface area (Å²) in [5.41, 5.74) is -3.75. The summed E-state index contributed by atoms with van der Waals surface area (Å²) in [5, 5.41) is 0. The lowest BCUT2D eigenvalue weighted by atomic mass is 9.89. The summed E-state index contributed by atoms with van der Waals surface area (Å²) in [7, 11) is 0. The summed E-state index contributed by atoms with van der Waals surface area (Å²) in [6, 6.07) is 1.35. The number of hydrogen-bond donors (Lipinski definition) is 0. The zero-order valence-corrected chi connectivity index (χ0v) is 16.9. The van der Waals surface area contributed by atoms with Gasteiger partial charge in [0, 0.05) is 18.0 Å². The highest BCUT2D eigenvalue weighted by Crippen LogP contribution is 2.44. The fourth-order valence-electron chi connectivity index (χ4n) is 4.15. The fraction of sp³-hybridized carbons (Fsp3) is 0.737. The quantitative estimate of drug-likeness (QED) is 0.754. The van der Waals surface area contributed by atoms with Crippen molar-refractivity contribution in [1.29, 1.82) is 0 Å². The van der Waals surface area contributed by atoms with Crippen molar-refractivity contribution in [3.63, 3.8) is 0 Å². The molecule has 0 saturated carbocycles. The maximum atomic E-state index is 14.0. The van der Waals surface area contributed by atoms with Crippen LogP contribution in [0.15, 0.2) is 10.9 Å². The van der Waals surface area contributed by atoms with Gasteiger partial charge in [0.2, 0.25) is 5.95 Å². The Labute approximate surface area is 166 Å². The first-order valence-electron chi connectivity index (χ1n) is 9.69. The van der Waals surface area contributed by atoms with Crippen LogP contribution < -0.4 is 15.4 Å². The minimum atomic E-state index is -4.65. The molecule has 0 aliphatic carbocycles. The molecule has 0 N–H and O–H groups in total. The van der Waals surface area contributed by atoms with Crippen LogP contribution in [0.4, 0.5) is 24.9 Å². The summed E-state index contributed by atoms with van der Waals surface area (Å²) in [6.07, 6.45) is -3.78. The molecule has 0 spiro atoms. The van der Waals surface area contributed by atoms with Crippen LogP contribution in [0.1, 0.15) is 34.1 Å². The molecule has 3 atom stereocenters. The van der Waals surface area contributed by atoms with Gasteiger partial charge in [0.15, 0.2) is 11.3 Å². The normalized spacial score (nSPS) is 28.9. The van der Waals surface area contributed by atoms with Crippen LogP contribution in [0.25, 0.3) is 0 Å². The lowest BCUT2D eigenvalue weighted by Crippen LogP contribution is -2.58. The predicted molar refractivity (Wildman–Crippen MR) is 100 cm³/mol. The molecular formula is C19H25F3N4O3. The summed E-state index contributed by atoms with van der Waals surface area (Å²) < 4.78 is 48.7. The van der Waals surface area contributed by atoms with Crippen molar-refractivity contribution in [2.75, 3.05) is 29.5 Å². The Morgan fingerprint density at radius 1 is 1.34 bits per heavy atom. The third-order valence-corrected chi connectivity index (χ3v) is 6.22. The Balaban J connectivity index is 1.78. The van der Waals surface area contributed by atoms with Gasteiger partial charge < -0.3 is 14.5 Å². The third-order valence-electron chi connectivity index (χ3n) is 6.22. The van der Waals surface area contributed by atoms with Crippen molar-refractivity contribution in [2.24, 2.45) is 5.41 Å². The molecule has 4 rings (SSSR count). The molecule has 10 heteroatoms. The Morgan fingerprint density at radius 2 is 2.03 bits per heavy atom. The SMILES string of the molecule is CC(C)(C)C(=O)CN1c2nc(N3C[C@@H]4C[C@H]3CO4)cc(=O)n2CC1(C)C(F)(F)F. The van der Waals surface area contributed by atoms with Gasteiger partial charge in [0.05, 0.1) is 31.8 Å². The van der Waals surface area contributed by atoms with E-state index in [4.69, 9.17) is 4.74 Å². The molecule has 3 aliphatic heterocycles. The molecule has 29 heavy (non-hydrogen) atoms. The average molecular weight is 414 g/mol. The maximum absolute atomic E-state index is 14.0. The molecule has 1 aromatic heterocycles. The van der Waals surface area contributed by atoms with Crippen LogP contribution >= 0.6 is 0 Å². The molecule has 1 aromatic rings. The van der Waals surface area contributed by atoms with Gasteiger partial charge in [-0.05, 0) is 13.3 Å². The topological polar surface area (TPSA) is 67.7 Å². The first-order chi connectivity index (χ1) is 13.3. The summed E-state index contributed by atoms with van der Waals surface area (Å²) >= 11 is 0. The molecule has 160 valence electrons. The highest BCUT2D eigenvalue weighted by molar-refractivity contribution is 5.88. The van der Waals surface area contributed by atoms with E-state index in [0.717, 1.165) is 22.8 Å². The molecule has 2 saturated heterocycles. The predicted octanol–water partition coefficient (Wildman–Crippen LogP) is 1.98. The molecule has 2 bridgehead atoms. The first-order valence-corrected chi connectivity index (χ1v) is 9.69. The van der Waals surface area contributed by atoms with Crippen LogP contribution in [-0.2, 0) is 16.1 Å². The van der Waals surface area contributed by atoms with Crippen molar-refractivity contribution in [3.05, 3.63) is 16.4 Å². The minimum absolute atomic E-state index is 0.0526. The van der Waals surface area contributed by atoms with Gasteiger partial charge in [-0.2, -0.15) is 18.2 Å². The van der Waals surface area contributed by atoms with Crippen LogP contribution in [0.5, 0.6) is 0 Å². The summed E-state index contributed by atoms with van der Waals surface area (Å²) in [6.45, 7) is 6.00. The zero-order chi connectivity index (χ0) is 21.4. The number of ether oxygens (including phenoxy) is 1. The van der Waals surface area contributed by atoms with Crippen molar-refractivity contribution in [2.45, 2.75) is 64.5 Å². The summed E-state index contributed by atoms with van der Waals surface area (Å²) in [5.74, 6) is -0.111. The molecule has 0 aromatic carbocycles. The van der Waals surface area contributed by atoms with Crippen molar-refractivity contribution >= 4 is 17.5 Å². The molecule has 1 unspecified atom stereocenters. The lowest BCUT2D eigenvalue weighted by molar-refractivity contribution is -0.182. The van der Waals surface area contributed by atoms with E-state index < -0.39 is 35.8 Å². The number of ketones is 1. The number of carbonyl (C=O) groups excluding carboxylic acids is 1. The Bertz CT molecular complexity index is 907. The number of nitrogens with zero attached hydrogens (tertiary/aromatic N) is 4. The highest BCUT2D eigenvalue weighted by atomic mass is 19.4. The molecule has 4 heterocycles. The lowest BCUT2D eigenvalue weighted by Gasteiger charge is -2.37. The zero-order valence-electron chi connectivity index (χ0n) is 16.9. The number of halogens is 3. The number of carbonyl (C=O) groups is 1. The molecular weight excluding hydrogens is 389 g/mol. The molecule has 0 amide bonds. The standard InChI is InChI=1S/C19H25F3N4O3/c1-17(2,3)13(27)8-26-16-23-14(24-7-12-5-11(24)9-29-12)6-15(28)25(16)10-18(26,4)19(20,21)22/h6,11-12H,5,7-10H2,1-4H3/t11-,12-,18?/m0/s1. The number of fused-ring (bicyclic) bond motifs is 3. The average Bonchev–Trinajstić information content (AvgIpc) is 3.28. The first kappa shape index (κ1) is 20.2. The van der Waals surface area contributed by atoms with Crippen LogP contribution in [0.2, 0.25) is 0 Å². The summed E-state index contributed by atoms with van der Waals surface area (Å²) in [4.78, 5) is 32.7.